The number of nitrogens with zero attached hydrogens (tertiary/aromatic N) is 6. The Balaban J connectivity index is 1.64. The topological polar surface area (TPSA) is 120 Å². The first-order valence-corrected chi connectivity index (χ1v) is 11.5. The number of aryl methyl sites for hydroxylation is 1. The summed E-state index contributed by atoms with van der Waals surface area (Å²) < 4.78 is 16.5. The molecule has 0 bridgehead atoms. The van der Waals surface area contributed by atoms with Gasteiger partial charge in [-0.25, -0.2) is 4.39 Å². The third-order valence-corrected chi connectivity index (χ3v) is 6.61. The van der Waals surface area contributed by atoms with Gasteiger partial charge in [0.15, 0.2) is 5.82 Å². The molecule has 0 saturated carbocycles. The van der Waals surface area contributed by atoms with Gasteiger partial charge in [0.05, 0.1) is 43.2 Å². The minimum atomic E-state index is -0.749. The van der Waals surface area contributed by atoms with Crippen molar-refractivity contribution in [2.45, 2.75) is 6.04 Å². The highest BCUT2D eigenvalue weighted by Gasteiger charge is 2.22. The zero-order valence-electron chi connectivity index (χ0n) is 18.4. The molecule has 0 spiro atoms. The highest BCUT2D eigenvalue weighted by Crippen LogP contribution is 2.38. The van der Waals surface area contributed by atoms with E-state index in [0.717, 1.165) is 5.69 Å². The predicted octanol–water partition coefficient (Wildman–Crippen LogP) is 6.00. The Morgan fingerprint density at radius 2 is 2.00 bits per heavy atom. The van der Waals surface area contributed by atoms with Gasteiger partial charge in [0.25, 0.3) is 0 Å². The second kappa shape index (κ2) is 9.62. The van der Waals surface area contributed by atoms with E-state index < -0.39 is 11.9 Å². The number of hydrogen-bond acceptors (Lipinski definition) is 7. The Kier molecular flexibility index (Phi) is 6.36. The molecule has 3 heterocycles. The van der Waals surface area contributed by atoms with Crippen molar-refractivity contribution in [1.29, 1.82) is 5.26 Å². The van der Waals surface area contributed by atoms with Gasteiger partial charge >= 0.3 is 0 Å². The molecule has 5 rings (SSSR count). The third-order valence-electron chi connectivity index (χ3n) is 5.54. The van der Waals surface area contributed by atoms with Crippen LogP contribution in [-0.2, 0) is 7.05 Å². The number of fused-ring (bicyclic) bond motifs is 1. The summed E-state index contributed by atoms with van der Waals surface area (Å²) in [7, 11) is 1.81. The number of benzene rings is 2. The molecule has 2 aromatic carbocycles. The molecule has 180 valence electrons. The van der Waals surface area contributed by atoms with Crippen LogP contribution in [0.3, 0.4) is 0 Å². The van der Waals surface area contributed by atoms with E-state index in [9.17, 15) is 9.65 Å². The lowest BCUT2D eigenvalue weighted by Gasteiger charge is -2.20. The van der Waals surface area contributed by atoms with Crippen LogP contribution in [0.4, 0.5) is 21.5 Å². The highest BCUT2D eigenvalue weighted by molar-refractivity contribution is 6.42. The van der Waals surface area contributed by atoms with E-state index in [0.29, 0.717) is 33.0 Å². The lowest BCUT2D eigenvalue weighted by atomic mass is 10.1. The molecule has 1 unspecified atom stereocenters. The Bertz CT molecular complexity index is 1630. The van der Waals surface area contributed by atoms with Crippen molar-refractivity contribution in [3.05, 3.63) is 86.8 Å². The zero-order chi connectivity index (χ0) is 25.4. The zero-order valence-corrected chi connectivity index (χ0v) is 20.7. The number of aromatic nitrogens is 6. The molecule has 5 aromatic rings. The van der Waals surface area contributed by atoms with E-state index in [1.165, 1.54) is 18.3 Å². The van der Waals surface area contributed by atoms with E-state index in [1.54, 1.807) is 29.2 Å². The second-order valence-electron chi connectivity index (χ2n) is 7.72. The Hall–Kier alpha value is -3.91. The average molecular weight is 543 g/mol. The number of rotatable bonds is 6. The summed E-state index contributed by atoms with van der Waals surface area (Å²) in [6, 6.07) is 9.86. The number of aromatic amines is 1. The molecule has 0 radical (unpaired) electrons. The SMILES string of the molecule is Cn1nccc1C(Nc1cc(Cl)c2ncc(C#N)c(Nc3ccc(Cl)c(Cl)c3F)c2c1)c1c[nH]nn1. The van der Waals surface area contributed by atoms with Crippen molar-refractivity contribution in [2.24, 2.45) is 7.05 Å². The normalized spacial score (nSPS) is 11.9. The summed E-state index contributed by atoms with van der Waals surface area (Å²) in [5.74, 6) is -0.749. The molecule has 0 aliphatic rings. The third kappa shape index (κ3) is 4.28. The van der Waals surface area contributed by atoms with E-state index in [-0.39, 0.29) is 21.3 Å². The molecule has 9 nitrogen and oxygen atoms in total. The van der Waals surface area contributed by atoms with Gasteiger partial charge in [0, 0.05) is 36.7 Å². The molecule has 0 amide bonds. The van der Waals surface area contributed by atoms with Crippen LogP contribution in [0.15, 0.2) is 48.9 Å². The maximum absolute atomic E-state index is 14.8. The number of H-pyrrole nitrogens is 1. The Labute approximate surface area is 218 Å². The Morgan fingerprint density at radius 1 is 1.17 bits per heavy atom. The van der Waals surface area contributed by atoms with Crippen LogP contribution in [0, 0.1) is 17.1 Å². The van der Waals surface area contributed by atoms with Crippen LogP contribution >= 0.6 is 34.8 Å². The number of pyridine rings is 1. The number of halogens is 4. The fourth-order valence-corrected chi connectivity index (χ4v) is 4.38. The predicted molar refractivity (Wildman–Crippen MR) is 136 cm³/mol. The maximum Gasteiger partial charge on any atom is 0.166 e. The van der Waals surface area contributed by atoms with E-state index in [2.05, 4.69) is 42.2 Å². The molecule has 36 heavy (non-hydrogen) atoms. The van der Waals surface area contributed by atoms with Gasteiger partial charge < -0.3 is 10.6 Å². The molecular weight excluding hydrogens is 528 g/mol. The molecule has 0 fully saturated rings. The van der Waals surface area contributed by atoms with Crippen molar-refractivity contribution in [2.75, 3.05) is 10.6 Å². The summed E-state index contributed by atoms with van der Waals surface area (Å²) in [4.78, 5) is 4.34. The van der Waals surface area contributed by atoms with Crippen LogP contribution in [0.5, 0.6) is 0 Å². The van der Waals surface area contributed by atoms with E-state index in [1.807, 2.05) is 13.1 Å². The maximum atomic E-state index is 14.8. The largest absolute Gasteiger partial charge is 0.371 e. The second-order valence-corrected chi connectivity index (χ2v) is 8.91. The summed E-state index contributed by atoms with van der Waals surface area (Å²) >= 11 is 18.5. The molecule has 13 heteroatoms. The molecule has 1 atom stereocenters. The van der Waals surface area contributed by atoms with Crippen molar-refractivity contribution < 1.29 is 4.39 Å². The van der Waals surface area contributed by atoms with Gasteiger partial charge in [-0.3, -0.25) is 14.8 Å². The molecule has 0 aliphatic carbocycles. The lowest BCUT2D eigenvalue weighted by molar-refractivity contribution is 0.632. The number of nitriles is 1. The van der Waals surface area contributed by atoms with Gasteiger partial charge in [0.1, 0.15) is 17.8 Å². The monoisotopic (exact) mass is 541 g/mol. The number of nitrogens with one attached hydrogen (secondary N) is 3. The van der Waals surface area contributed by atoms with Crippen molar-refractivity contribution in [3.8, 4) is 6.07 Å². The highest BCUT2D eigenvalue weighted by atomic mass is 35.5. The van der Waals surface area contributed by atoms with Crippen LogP contribution in [0.1, 0.15) is 23.0 Å². The van der Waals surface area contributed by atoms with E-state index in [4.69, 9.17) is 34.8 Å². The smallest absolute Gasteiger partial charge is 0.166 e. The number of hydrogen-bond donors (Lipinski definition) is 3. The molecule has 3 N–H and O–H groups in total. The average Bonchev–Trinajstić information content (AvgIpc) is 3.55. The minimum absolute atomic E-state index is 0.0400. The van der Waals surface area contributed by atoms with Crippen molar-refractivity contribution in [1.82, 2.24) is 30.2 Å². The molecular formula is C23H15Cl3FN9. The molecule has 3 aromatic heterocycles. The quantitative estimate of drug-likeness (QED) is 0.225. The fourth-order valence-electron chi connectivity index (χ4n) is 3.80. The first-order valence-electron chi connectivity index (χ1n) is 10.4. The first-order chi connectivity index (χ1) is 17.4. The standard InChI is InChI=1S/C23H15Cl3FN9/c1-36-18(4-5-31-36)23(17-10-30-35-34-17)32-12-6-13-21(11(8-28)9-29-22(13)15(25)7-12)33-16-3-2-14(24)19(26)20(16)27/h2-7,9-10,23,32H,1H3,(H,29,33)(H,30,34,35). The van der Waals surface area contributed by atoms with Crippen molar-refractivity contribution >= 4 is 62.8 Å². The number of anilines is 3. The summed E-state index contributed by atoms with van der Waals surface area (Å²) in [5.41, 5.74) is 2.98. The van der Waals surface area contributed by atoms with Crippen LogP contribution < -0.4 is 10.6 Å². The molecule has 0 saturated heterocycles. The lowest BCUT2D eigenvalue weighted by Crippen LogP contribution is -2.16. The summed E-state index contributed by atoms with van der Waals surface area (Å²) in [6.45, 7) is 0. The molecule has 0 aliphatic heterocycles. The van der Waals surface area contributed by atoms with Gasteiger partial charge in [-0.15, -0.1) is 5.10 Å². The van der Waals surface area contributed by atoms with Gasteiger partial charge in [-0.1, -0.05) is 40.0 Å². The Morgan fingerprint density at radius 3 is 2.69 bits per heavy atom. The van der Waals surface area contributed by atoms with Gasteiger partial charge in [-0.05, 0) is 30.3 Å². The van der Waals surface area contributed by atoms with Gasteiger partial charge in [-0.2, -0.15) is 10.4 Å². The van der Waals surface area contributed by atoms with E-state index >= 15 is 0 Å². The summed E-state index contributed by atoms with van der Waals surface area (Å²) in [5, 5.41) is 31.7. The fraction of sp³-hybridized carbons (Fsp3) is 0.0870. The first kappa shape index (κ1) is 23.8. The van der Waals surface area contributed by atoms with Crippen LogP contribution in [-0.4, -0.2) is 30.2 Å². The van der Waals surface area contributed by atoms with Crippen molar-refractivity contribution in [3.63, 3.8) is 0 Å². The van der Waals surface area contributed by atoms with Crippen LogP contribution in [0.2, 0.25) is 15.1 Å². The van der Waals surface area contributed by atoms with Crippen LogP contribution in [0.25, 0.3) is 10.9 Å². The van der Waals surface area contributed by atoms with Gasteiger partial charge in [0.2, 0.25) is 0 Å². The minimum Gasteiger partial charge on any atom is -0.371 e. The summed E-state index contributed by atoms with van der Waals surface area (Å²) in [6.07, 6.45) is 4.71.